The molecule has 0 saturated carbocycles. The maximum absolute atomic E-state index is 12.5. The fourth-order valence-corrected chi connectivity index (χ4v) is 2.67. The largest absolute Gasteiger partial charge is 0.465 e. The number of benzene rings is 1. The van der Waals surface area contributed by atoms with E-state index in [1.54, 1.807) is 24.3 Å². The van der Waals surface area contributed by atoms with Crippen LogP contribution in [0.25, 0.3) is 0 Å². The summed E-state index contributed by atoms with van der Waals surface area (Å²) in [6.07, 6.45) is 1.57. The van der Waals surface area contributed by atoms with E-state index in [4.69, 9.17) is 21.1 Å². The maximum Gasteiger partial charge on any atom is 0.317 e. The molecular weight excluding hydrogens is 318 g/mol. The van der Waals surface area contributed by atoms with Gasteiger partial charge in [0.15, 0.2) is 0 Å². The number of likely N-dealkylation sites (tertiary alicyclic amines) is 1. The van der Waals surface area contributed by atoms with Crippen LogP contribution in [0.2, 0.25) is 5.02 Å². The Morgan fingerprint density at radius 3 is 2.43 bits per heavy atom. The van der Waals surface area contributed by atoms with Crippen molar-refractivity contribution in [3.63, 3.8) is 0 Å². The third-order valence-corrected chi connectivity index (χ3v) is 4.21. The lowest BCUT2D eigenvalue weighted by molar-refractivity contribution is -0.156. The van der Waals surface area contributed by atoms with Gasteiger partial charge in [0.2, 0.25) is 0 Å². The first-order valence-electron chi connectivity index (χ1n) is 7.73. The average Bonchev–Trinajstić information content (AvgIpc) is 2.51. The van der Waals surface area contributed by atoms with Gasteiger partial charge >= 0.3 is 11.9 Å². The van der Waals surface area contributed by atoms with Crippen LogP contribution in [0.3, 0.4) is 0 Å². The number of esters is 2. The van der Waals surface area contributed by atoms with Crippen LogP contribution in [-0.4, -0.2) is 49.7 Å². The van der Waals surface area contributed by atoms with Crippen molar-refractivity contribution in [1.29, 1.82) is 0 Å². The van der Waals surface area contributed by atoms with E-state index in [1.807, 2.05) is 0 Å². The fourth-order valence-electron chi connectivity index (χ4n) is 2.55. The Kier molecular flexibility index (Phi) is 6.42. The van der Waals surface area contributed by atoms with Gasteiger partial charge in [-0.05, 0) is 37.6 Å². The summed E-state index contributed by atoms with van der Waals surface area (Å²) in [5.41, 5.74) is 0.730. The third-order valence-electron chi connectivity index (χ3n) is 3.96. The highest BCUT2D eigenvalue weighted by atomic mass is 35.5. The number of ether oxygens (including phenoxy) is 2. The first-order valence-corrected chi connectivity index (χ1v) is 8.11. The molecule has 1 aromatic carbocycles. The summed E-state index contributed by atoms with van der Waals surface area (Å²) in [6, 6.07) is 6.93. The Labute approximate surface area is 141 Å². The number of piperidine rings is 1. The minimum atomic E-state index is -0.629. The van der Waals surface area contributed by atoms with Crippen molar-refractivity contribution in [2.24, 2.45) is 0 Å². The smallest absolute Gasteiger partial charge is 0.317 e. The Morgan fingerprint density at radius 2 is 1.87 bits per heavy atom. The summed E-state index contributed by atoms with van der Waals surface area (Å²) >= 11 is 5.89. The number of hydrogen-bond acceptors (Lipinski definition) is 5. The molecule has 1 aliphatic heterocycles. The molecule has 0 radical (unpaired) electrons. The minimum Gasteiger partial charge on any atom is -0.465 e. The second-order valence-corrected chi connectivity index (χ2v) is 6.28. The van der Waals surface area contributed by atoms with Crippen molar-refractivity contribution in [3.05, 3.63) is 34.9 Å². The van der Waals surface area contributed by atoms with Crippen molar-refractivity contribution in [2.45, 2.75) is 31.8 Å². The highest BCUT2D eigenvalue weighted by Gasteiger charge is 2.28. The predicted octanol–water partition coefficient (Wildman–Crippen LogP) is 2.62. The van der Waals surface area contributed by atoms with Crippen molar-refractivity contribution >= 4 is 23.5 Å². The molecule has 1 atom stereocenters. The molecule has 23 heavy (non-hydrogen) atoms. The fraction of sp³-hybridized carbons (Fsp3) is 0.529. The van der Waals surface area contributed by atoms with Crippen LogP contribution in [0, 0.1) is 0 Å². The van der Waals surface area contributed by atoms with Gasteiger partial charge in [-0.1, -0.05) is 23.7 Å². The molecule has 0 spiro atoms. The van der Waals surface area contributed by atoms with E-state index in [9.17, 15) is 9.59 Å². The van der Waals surface area contributed by atoms with Gasteiger partial charge in [-0.25, -0.2) is 0 Å². The number of rotatable bonds is 5. The van der Waals surface area contributed by atoms with Crippen LogP contribution in [0.4, 0.5) is 0 Å². The Balaban J connectivity index is 2.04. The van der Waals surface area contributed by atoms with E-state index in [0.29, 0.717) is 5.02 Å². The van der Waals surface area contributed by atoms with Crippen molar-refractivity contribution < 1.29 is 19.1 Å². The number of halogens is 1. The topological polar surface area (TPSA) is 55.8 Å². The van der Waals surface area contributed by atoms with Crippen LogP contribution in [0.1, 0.15) is 31.2 Å². The zero-order chi connectivity index (χ0) is 16.8. The molecule has 5 nitrogen and oxygen atoms in total. The van der Waals surface area contributed by atoms with Crippen LogP contribution < -0.4 is 0 Å². The standard InChI is InChI=1S/C17H22ClNO4/c1-12(20)22-11-16(13-3-5-14(18)6-4-13)17(21)23-15-7-9-19(2)10-8-15/h3-6,15-16H,7-11H2,1-2H3/t16-/m0/s1. The zero-order valence-electron chi connectivity index (χ0n) is 13.5. The van der Waals surface area contributed by atoms with Gasteiger partial charge < -0.3 is 14.4 Å². The highest BCUT2D eigenvalue weighted by Crippen LogP contribution is 2.23. The molecule has 1 fully saturated rings. The number of nitrogens with zero attached hydrogens (tertiary/aromatic N) is 1. The lowest BCUT2D eigenvalue weighted by Gasteiger charge is -2.29. The van der Waals surface area contributed by atoms with Gasteiger partial charge in [-0.15, -0.1) is 0 Å². The molecule has 0 aromatic heterocycles. The SMILES string of the molecule is CC(=O)OC[C@H](C(=O)OC1CCN(C)CC1)c1ccc(Cl)cc1. The number of carbonyl (C=O) groups is 2. The molecular formula is C17H22ClNO4. The molecule has 0 N–H and O–H groups in total. The van der Waals surface area contributed by atoms with Crippen LogP contribution >= 0.6 is 11.6 Å². The second kappa shape index (κ2) is 8.31. The van der Waals surface area contributed by atoms with Crippen molar-refractivity contribution in [1.82, 2.24) is 4.90 Å². The van der Waals surface area contributed by atoms with E-state index in [-0.39, 0.29) is 18.7 Å². The van der Waals surface area contributed by atoms with Crippen LogP contribution in [-0.2, 0) is 19.1 Å². The second-order valence-electron chi connectivity index (χ2n) is 5.85. The van der Waals surface area contributed by atoms with Crippen LogP contribution in [0.15, 0.2) is 24.3 Å². The summed E-state index contributed by atoms with van der Waals surface area (Å²) in [7, 11) is 2.05. The first kappa shape index (κ1) is 17.8. The molecule has 1 aliphatic rings. The number of hydrogen-bond donors (Lipinski definition) is 0. The summed E-state index contributed by atoms with van der Waals surface area (Å²) < 4.78 is 10.7. The quantitative estimate of drug-likeness (QED) is 0.772. The Hall–Kier alpha value is -1.59. The van der Waals surface area contributed by atoms with E-state index in [1.165, 1.54) is 6.92 Å². The van der Waals surface area contributed by atoms with Crippen LogP contribution in [0.5, 0.6) is 0 Å². The molecule has 0 unspecified atom stereocenters. The van der Waals surface area contributed by atoms with Gasteiger partial charge in [0.25, 0.3) is 0 Å². The Morgan fingerprint density at radius 1 is 1.26 bits per heavy atom. The molecule has 6 heteroatoms. The lowest BCUT2D eigenvalue weighted by Crippen LogP contribution is -2.36. The monoisotopic (exact) mass is 339 g/mol. The Bertz CT molecular complexity index is 538. The average molecular weight is 340 g/mol. The normalized spacial score (nSPS) is 17.5. The van der Waals surface area contributed by atoms with E-state index in [2.05, 4.69) is 11.9 Å². The highest BCUT2D eigenvalue weighted by molar-refractivity contribution is 6.30. The first-order chi connectivity index (χ1) is 11.0. The summed E-state index contributed by atoms with van der Waals surface area (Å²) in [4.78, 5) is 25.8. The lowest BCUT2D eigenvalue weighted by atomic mass is 10.00. The molecule has 2 rings (SSSR count). The van der Waals surface area contributed by atoms with Gasteiger partial charge in [0.1, 0.15) is 18.6 Å². The summed E-state index contributed by atoms with van der Waals surface area (Å²) in [5.74, 6) is -1.41. The summed E-state index contributed by atoms with van der Waals surface area (Å²) in [6.45, 7) is 3.12. The molecule has 126 valence electrons. The molecule has 1 saturated heterocycles. The molecule has 0 amide bonds. The van der Waals surface area contributed by atoms with Crippen molar-refractivity contribution in [3.8, 4) is 0 Å². The van der Waals surface area contributed by atoms with Gasteiger partial charge in [0, 0.05) is 25.0 Å². The predicted molar refractivity (Wildman–Crippen MR) is 87.4 cm³/mol. The van der Waals surface area contributed by atoms with Gasteiger partial charge in [0.05, 0.1) is 0 Å². The van der Waals surface area contributed by atoms with E-state index in [0.717, 1.165) is 31.5 Å². The minimum absolute atomic E-state index is 0.0254. The maximum atomic E-state index is 12.5. The third kappa shape index (κ3) is 5.52. The molecule has 1 heterocycles. The summed E-state index contributed by atoms with van der Waals surface area (Å²) in [5, 5.41) is 0.587. The van der Waals surface area contributed by atoms with Crippen molar-refractivity contribution in [2.75, 3.05) is 26.7 Å². The van der Waals surface area contributed by atoms with E-state index < -0.39 is 11.9 Å². The molecule has 0 aliphatic carbocycles. The zero-order valence-corrected chi connectivity index (χ0v) is 14.2. The van der Waals surface area contributed by atoms with Gasteiger partial charge in [-0.2, -0.15) is 0 Å². The molecule has 0 bridgehead atoms. The number of carbonyl (C=O) groups excluding carboxylic acids is 2. The van der Waals surface area contributed by atoms with Gasteiger partial charge in [-0.3, -0.25) is 9.59 Å². The molecule has 1 aromatic rings. The van der Waals surface area contributed by atoms with E-state index >= 15 is 0 Å².